The molecule has 0 atom stereocenters. The van der Waals surface area contributed by atoms with E-state index in [4.69, 9.17) is 4.74 Å². The molecule has 1 aromatic carbocycles. The number of amides is 1. The van der Waals surface area contributed by atoms with Gasteiger partial charge in [-0.05, 0) is 26.3 Å². The molecule has 0 aliphatic heterocycles. The lowest BCUT2D eigenvalue weighted by Crippen LogP contribution is -2.28. The third kappa shape index (κ3) is 6.20. The number of nitro benzene ring substituents is 1. The zero-order valence-electron chi connectivity index (χ0n) is 19.5. The number of rotatable bonds is 13. The Labute approximate surface area is 201 Å². The quantitative estimate of drug-likeness (QED) is 0.122. The lowest BCUT2D eigenvalue weighted by molar-refractivity contribution is -0.385. The summed E-state index contributed by atoms with van der Waals surface area (Å²) in [7, 11) is 0. The van der Waals surface area contributed by atoms with Crippen molar-refractivity contribution in [3.63, 3.8) is 0 Å². The molecule has 3 rings (SSSR count). The molecular weight excluding hydrogens is 458 g/mol. The molecule has 1 amide bonds. The number of hydrogen-bond acceptors (Lipinski definition) is 9. The third-order valence-electron chi connectivity index (χ3n) is 5.01. The first-order chi connectivity index (χ1) is 16.5. The monoisotopic (exact) mass is 487 g/mol. The summed E-state index contributed by atoms with van der Waals surface area (Å²) in [5, 5.41) is 23.2. The molecule has 11 nitrogen and oxygen atoms in total. The van der Waals surface area contributed by atoms with Gasteiger partial charge in [0.1, 0.15) is 5.82 Å². The summed E-state index contributed by atoms with van der Waals surface area (Å²) in [5.41, 5.74) is 1.21. The Morgan fingerprint density at radius 2 is 2.09 bits per heavy atom. The van der Waals surface area contributed by atoms with Crippen molar-refractivity contribution in [1.82, 2.24) is 25.1 Å². The summed E-state index contributed by atoms with van der Waals surface area (Å²) in [4.78, 5) is 32.6. The van der Waals surface area contributed by atoms with E-state index >= 15 is 0 Å². The average molecular weight is 488 g/mol. The highest BCUT2D eigenvalue weighted by atomic mass is 32.2. The Kier molecular flexibility index (Phi) is 9.16. The van der Waals surface area contributed by atoms with Gasteiger partial charge >= 0.3 is 0 Å². The molecule has 0 radical (unpaired) electrons. The highest BCUT2D eigenvalue weighted by Crippen LogP contribution is 2.25. The van der Waals surface area contributed by atoms with E-state index in [1.807, 2.05) is 6.92 Å². The standard InChI is InChI=1S/C22H29N7O4S/c1-4-13-34-22-26-19(23-10-12-33-5-2)17-14-25-28(20(17)27-22)11-9-24-21(30)16-7-6-8-18(15(16)3)29(31)32/h6-8,14H,4-5,9-13H2,1-3H3,(H,24,30)(H,23,26,27). The molecule has 0 spiro atoms. The second-order valence-corrected chi connectivity index (χ2v) is 8.46. The fourth-order valence-electron chi connectivity index (χ4n) is 3.32. The van der Waals surface area contributed by atoms with Gasteiger partial charge < -0.3 is 15.4 Å². The number of carbonyl (C=O) groups excluding carboxylic acids is 1. The van der Waals surface area contributed by atoms with Gasteiger partial charge in [0.05, 0.1) is 29.7 Å². The number of nitro groups is 1. The van der Waals surface area contributed by atoms with Crippen molar-refractivity contribution in [3.05, 3.63) is 45.6 Å². The molecule has 2 heterocycles. The first-order valence-corrected chi connectivity index (χ1v) is 12.1. The van der Waals surface area contributed by atoms with E-state index in [2.05, 4.69) is 32.6 Å². The number of aromatic nitrogens is 4. The normalized spacial score (nSPS) is 11.0. The molecule has 0 aliphatic rings. The number of thioether (sulfide) groups is 1. The van der Waals surface area contributed by atoms with Crippen LogP contribution in [0.3, 0.4) is 0 Å². The summed E-state index contributed by atoms with van der Waals surface area (Å²) >= 11 is 1.58. The number of nitrogens with zero attached hydrogens (tertiary/aromatic N) is 5. The van der Waals surface area contributed by atoms with E-state index in [9.17, 15) is 14.9 Å². The van der Waals surface area contributed by atoms with E-state index in [0.29, 0.717) is 48.5 Å². The highest BCUT2D eigenvalue weighted by molar-refractivity contribution is 7.99. The molecule has 0 bridgehead atoms. The van der Waals surface area contributed by atoms with Gasteiger partial charge in [-0.3, -0.25) is 14.9 Å². The predicted molar refractivity (Wildman–Crippen MR) is 131 cm³/mol. The van der Waals surface area contributed by atoms with Crippen molar-refractivity contribution in [3.8, 4) is 0 Å². The minimum atomic E-state index is -0.490. The largest absolute Gasteiger partial charge is 0.380 e. The van der Waals surface area contributed by atoms with Crippen LogP contribution in [-0.2, 0) is 11.3 Å². The smallest absolute Gasteiger partial charge is 0.273 e. The van der Waals surface area contributed by atoms with Crippen LogP contribution in [0, 0.1) is 17.0 Å². The summed E-state index contributed by atoms with van der Waals surface area (Å²) in [5.74, 6) is 1.23. The molecule has 0 saturated heterocycles. The maximum Gasteiger partial charge on any atom is 0.273 e. The van der Waals surface area contributed by atoms with Crippen LogP contribution in [-0.4, -0.2) is 62.6 Å². The third-order valence-corrected chi connectivity index (χ3v) is 6.06. The van der Waals surface area contributed by atoms with Crippen LogP contribution in [0.2, 0.25) is 0 Å². The van der Waals surface area contributed by atoms with Gasteiger partial charge in [0, 0.05) is 42.6 Å². The topological polar surface area (TPSA) is 137 Å². The molecule has 0 saturated carbocycles. The first-order valence-electron chi connectivity index (χ1n) is 11.2. The lowest BCUT2D eigenvalue weighted by atomic mass is 10.1. The van der Waals surface area contributed by atoms with Gasteiger partial charge in [0.15, 0.2) is 10.8 Å². The van der Waals surface area contributed by atoms with Gasteiger partial charge in [-0.2, -0.15) is 5.10 Å². The minimum Gasteiger partial charge on any atom is -0.380 e. The molecule has 0 aliphatic carbocycles. The number of benzene rings is 1. The van der Waals surface area contributed by atoms with Crippen molar-refractivity contribution in [2.24, 2.45) is 0 Å². The van der Waals surface area contributed by atoms with E-state index in [0.717, 1.165) is 17.6 Å². The van der Waals surface area contributed by atoms with Gasteiger partial charge in [-0.15, -0.1) is 0 Å². The molecule has 2 N–H and O–H groups in total. The Morgan fingerprint density at radius 1 is 1.26 bits per heavy atom. The highest BCUT2D eigenvalue weighted by Gasteiger charge is 2.18. The van der Waals surface area contributed by atoms with Crippen molar-refractivity contribution in [1.29, 1.82) is 0 Å². The van der Waals surface area contributed by atoms with Gasteiger partial charge in [-0.25, -0.2) is 14.6 Å². The van der Waals surface area contributed by atoms with Crippen LogP contribution in [0.5, 0.6) is 0 Å². The molecule has 0 unspecified atom stereocenters. The van der Waals surface area contributed by atoms with Crippen LogP contribution in [0.4, 0.5) is 11.5 Å². The summed E-state index contributed by atoms with van der Waals surface area (Å²) in [6.07, 6.45) is 2.71. The van der Waals surface area contributed by atoms with E-state index < -0.39 is 4.92 Å². The molecule has 0 fully saturated rings. The molecule has 34 heavy (non-hydrogen) atoms. The Morgan fingerprint density at radius 3 is 2.82 bits per heavy atom. The fourth-order valence-corrected chi connectivity index (χ4v) is 4.01. The average Bonchev–Trinajstić information content (AvgIpc) is 3.23. The van der Waals surface area contributed by atoms with Crippen LogP contribution in [0.15, 0.2) is 29.6 Å². The number of carbonyl (C=O) groups is 1. The first kappa shape index (κ1) is 25.4. The lowest BCUT2D eigenvalue weighted by Gasteiger charge is -2.10. The number of nitrogens with one attached hydrogen (secondary N) is 2. The van der Waals surface area contributed by atoms with Crippen LogP contribution >= 0.6 is 11.8 Å². The predicted octanol–water partition coefficient (Wildman–Crippen LogP) is 3.42. The van der Waals surface area contributed by atoms with E-state index in [1.165, 1.54) is 12.1 Å². The van der Waals surface area contributed by atoms with Gasteiger partial charge in [0.2, 0.25) is 0 Å². The molecule has 12 heteroatoms. The Balaban J connectivity index is 1.73. The molecule has 182 valence electrons. The number of anilines is 1. The number of ether oxygens (including phenoxy) is 1. The van der Waals surface area contributed by atoms with E-state index in [1.54, 1.807) is 35.6 Å². The molecule has 3 aromatic rings. The minimum absolute atomic E-state index is 0.0797. The summed E-state index contributed by atoms with van der Waals surface area (Å²) in [6.45, 7) is 8.12. The Hall–Kier alpha value is -3.25. The zero-order chi connectivity index (χ0) is 24.5. The van der Waals surface area contributed by atoms with Crippen LogP contribution in [0.25, 0.3) is 11.0 Å². The SMILES string of the molecule is CCCSc1nc(NCCOCC)c2cnn(CCNC(=O)c3cccc([N+](=O)[O-])c3C)c2n1. The number of fused-ring (bicyclic) bond motifs is 1. The number of hydrogen-bond donors (Lipinski definition) is 2. The maximum atomic E-state index is 12.6. The van der Waals surface area contributed by atoms with Gasteiger partial charge in [0.25, 0.3) is 11.6 Å². The van der Waals surface area contributed by atoms with Crippen LogP contribution in [0.1, 0.15) is 36.2 Å². The fraction of sp³-hybridized carbons (Fsp3) is 0.455. The van der Waals surface area contributed by atoms with Gasteiger partial charge in [-0.1, -0.05) is 24.8 Å². The Bertz CT molecular complexity index is 1150. The maximum absolute atomic E-state index is 12.6. The second-order valence-electron chi connectivity index (χ2n) is 7.39. The second kappa shape index (κ2) is 12.3. The summed E-state index contributed by atoms with van der Waals surface area (Å²) in [6, 6.07) is 4.47. The summed E-state index contributed by atoms with van der Waals surface area (Å²) < 4.78 is 7.12. The van der Waals surface area contributed by atoms with E-state index in [-0.39, 0.29) is 23.7 Å². The molecular formula is C22H29N7O4S. The zero-order valence-corrected chi connectivity index (χ0v) is 20.4. The molecule has 2 aromatic heterocycles. The van der Waals surface area contributed by atoms with Crippen molar-refractivity contribution < 1.29 is 14.5 Å². The van der Waals surface area contributed by atoms with Crippen molar-refractivity contribution in [2.75, 3.05) is 37.4 Å². The van der Waals surface area contributed by atoms with Crippen LogP contribution < -0.4 is 10.6 Å². The van der Waals surface area contributed by atoms with Crippen molar-refractivity contribution >= 4 is 40.2 Å². The van der Waals surface area contributed by atoms with Crippen molar-refractivity contribution in [2.45, 2.75) is 38.9 Å².